The smallest absolute Gasteiger partial charge is 0.360 e. The van der Waals surface area contributed by atoms with Crippen LogP contribution < -0.4 is 5.32 Å². The molecule has 4 rings (SSSR count). The third-order valence-corrected chi connectivity index (χ3v) is 6.90. The zero-order valence-electron chi connectivity index (χ0n) is 20.8. The van der Waals surface area contributed by atoms with Crippen molar-refractivity contribution in [3.8, 4) is 11.5 Å². The average molecular weight is 539 g/mol. The van der Waals surface area contributed by atoms with E-state index in [4.69, 9.17) is 14.0 Å². The first-order valence-electron chi connectivity index (χ1n) is 11.9. The van der Waals surface area contributed by atoms with Gasteiger partial charge in [-0.25, -0.2) is 14.6 Å². The number of anilines is 1. The fourth-order valence-corrected chi connectivity index (χ4v) is 4.92. The second-order valence-electron chi connectivity index (χ2n) is 8.33. The maximum absolute atomic E-state index is 12.6. The first-order chi connectivity index (χ1) is 18.4. The summed E-state index contributed by atoms with van der Waals surface area (Å²) >= 11 is 1.49. The molecule has 0 bridgehead atoms. The molecule has 12 heteroatoms. The highest BCUT2D eigenvalue weighted by molar-refractivity contribution is 7.10. The van der Waals surface area contributed by atoms with Gasteiger partial charge in [0, 0.05) is 42.6 Å². The molecule has 11 nitrogen and oxygen atoms in total. The number of para-hydroxylation sites is 1. The summed E-state index contributed by atoms with van der Waals surface area (Å²) < 4.78 is 14.9. The van der Waals surface area contributed by atoms with E-state index in [1.54, 1.807) is 30.0 Å². The van der Waals surface area contributed by atoms with Crippen LogP contribution in [0.3, 0.4) is 0 Å². The van der Waals surface area contributed by atoms with Gasteiger partial charge in [-0.3, -0.25) is 9.59 Å². The molecule has 0 spiro atoms. The lowest BCUT2D eigenvalue weighted by atomic mass is 9.97. The molecule has 1 aliphatic rings. The van der Waals surface area contributed by atoms with Crippen LogP contribution >= 0.6 is 11.3 Å². The molecule has 1 fully saturated rings. The molecule has 198 valence electrons. The molecular weight excluding hydrogens is 512 g/mol. The normalized spacial score (nSPS) is 13.9. The molecule has 1 aliphatic heterocycles. The second-order valence-corrected chi connectivity index (χ2v) is 9.22. The molecule has 38 heavy (non-hydrogen) atoms. The lowest BCUT2D eigenvalue weighted by Gasteiger charge is -2.30. The minimum atomic E-state index is -0.571. The number of hydrogen-bond acceptors (Lipinski definition) is 10. The van der Waals surface area contributed by atoms with Gasteiger partial charge in [0.25, 0.3) is 0 Å². The topological polar surface area (TPSA) is 141 Å². The van der Waals surface area contributed by atoms with E-state index in [0.717, 1.165) is 23.9 Å². The van der Waals surface area contributed by atoms with Crippen molar-refractivity contribution in [2.75, 3.05) is 32.1 Å². The van der Waals surface area contributed by atoms with Crippen LogP contribution in [-0.2, 0) is 19.1 Å². The number of rotatable bonds is 8. The van der Waals surface area contributed by atoms with Gasteiger partial charge in [-0.15, -0.1) is 11.3 Å². The van der Waals surface area contributed by atoms with Crippen LogP contribution in [0.5, 0.6) is 0 Å². The first-order valence-corrected chi connectivity index (χ1v) is 12.8. The molecule has 0 atom stereocenters. The summed E-state index contributed by atoms with van der Waals surface area (Å²) in [7, 11) is 1.26. The summed E-state index contributed by atoms with van der Waals surface area (Å²) in [5.74, 6) is -1.36. The second kappa shape index (κ2) is 12.3. The fourth-order valence-electron chi connectivity index (χ4n) is 3.94. The minimum Gasteiger partial charge on any atom is -0.465 e. The van der Waals surface area contributed by atoms with Crippen LogP contribution in [0.4, 0.5) is 5.69 Å². The zero-order valence-corrected chi connectivity index (χ0v) is 21.7. The van der Waals surface area contributed by atoms with E-state index >= 15 is 0 Å². The Bertz CT molecular complexity index is 1350. The van der Waals surface area contributed by atoms with Crippen LogP contribution in [0.25, 0.3) is 11.5 Å². The number of ether oxygens (including phenoxy) is 2. The minimum absolute atomic E-state index is 0.0950. The van der Waals surface area contributed by atoms with Crippen molar-refractivity contribution in [1.82, 2.24) is 15.0 Å². The number of nitrogens with zero attached hydrogens (tertiary/aromatic N) is 3. The lowest BCUT2D eigenvalue weighted by molar-refractivity contribution is -0.127. The number of piperidine rings is 1. The third kappa shape index (κ3) is 6.32. The van der Waals surface area contributed by atoms with E-state index in [2.05, 4.69) is 15.5 Å². The molecule has 1 aromatic carbocycles. The Hall–Kier alpha value is -4.32. The molecule has 3 aromatic rings. The molecule has 2 amide bonds. The number of methoxy groups -OCH3 is 1. The fraction of sp³-hybridized carbons (Fsp3) is 0.308. The Morgan fingerprint density at radius 3 is 2.66 bits per heavy atom. The number of carbonyl (C=O) groups excluding carboxylic acids is 4. The Labute approximate surface area is 222 Å². The quantitative estimate of drug-likeness (QED) is 0.336. The lowest BCUT2D eigenvalue weighted by Crippen LogP contribution is -2.37. The van der Waals surface area contributed by atoms with Crippen molar-refractivity contribution in [3.63, 3.8) is 0 Å². The van der Waals surface area contributed by atoms with E-state index in [1.807, 2.05) is 5.38 Å². The highest BCUT2D eigenvalue weighted by atomic mass is 32.1. The highest BCUT2D eigenvalue weighted by Gasteiger charge is 2.26. The molecule has 0 radical (unpaired) electrons. The van der Waals surface area contributed by atoms with Gasteiger partial charge in [0.1, 0.15) is 5.69 Å². The number of thiazole rings is 1. The predicted octanol–water partition coefficient (Wildman–Crippen LogP) is 3.66. The Kier molecular flexibility index (Phi) is 8.64. The van der Waals surface area contributed by atoms with E-state index < -0.39 is 17.8 Å². The third-order valence-electron chi connectivity index (χ3n) is 5.89. The molecule has 3 heterocycles. The van der Waals surface area contributed by atoms with Gasteiger partial charge in [-0.05, 0) is 31.9 Å². The van der Waals surface area contributed by atoms with Gasteiger partial charge < -0.3 is 24.2 Å². The standard InChI is InChI=1S/C26H26N4O7S/c1-3-36-26(34)19-14-21(37-29-19)20-15-38-24(28-20)16-10-12-30(13-11-16)23(32)9-8-22(31)27-18-7-5-4-6-17(18)25(33)35-2/h4-9,14-16H,3,10-13H2,1-2H3,(H,27,31). The number of aromatic nitrogens is 2. The largest absolute Gasteiger partial charge is 0.465 e. The average Bonchev–Trinajstić information content (AvgIpc) is 3.62. The summed E-state index contributed by atoms with van der Waals surface area (Å²) in [6, 6.07) is 7.97. The molecule has 2 aromatic heterocycles. The summed E-state index contributed by atoms with van der Waals surface area (Å²) in [6.45, 7) is 3.00. The number of carbonyl (C=O) groups is 4. The maximum Gasteiger partial charge on any atom is 0.360 e. The molecular formula is C26H26N4O7S. The van der Waals surface area contributed by atoms with E-state index in [9.17, 15) is 19.2 Å². The first kappa shape index (κ1) is 26.7. The summed E-state index contributed by atoms with van der Waals surface area (Å²) in [6.07, 6.45) is 3.81. The molecule has 0 saturated carbocycles. The van der Waals surface area contributed by atoms with Gasteiger partial charge in [0.05, 0.1) is 30.0 Å². The van der Waals surface area contributed by atoms with E-state index in [1.165, 1.54) is 36.7 Å². The number of benzene rings is 1. The highest BCUT2D eigenvalue weighted by Crippen LogP contribution is 2.33. The number of nitrogens with one attached hydrogen (secondary N) is 1. The number of likely N-dealkylation sites (tertiary alicyclic amines) is 1. The van der Waals surface area contributed by atoms with Crippen molar-refractivity contribution >= 4 is 40.8 Å². The maximum atomic E-state index is 12.6. The summed E-state index contributed by atoms with van der Waals surface area (Å²) in [5.41, 5.74) is 1.21. The van der Waals surface area contributed by atoms with Crippen LogP contribution in [0.15, 0.2) is 52.4 Å². The molecule has 1 N–H and O–H groups in total. The summed E-state index contributed by atoms with van der Waals surface area (Å²) in [5, 5.41) is 9.11. The predicted molar refractivity (Wildman–Crippen MR) is 138 cm³/mol. The van der Waals surface area contributed by atoms with Crippen molar-refractivity contribution in [1.29, 1.82) is 0 Å². The molecule has 0 unspecified atom stereocenters. The van der Waals surface area contributed by atoms with Crippen LogP contribution in [-0.4, -0.2) is 65.6 Å². The number of amides is 2. The van der Waals surface area contributed by atoms with Gasteiger partial charge in [0.2, 0.25) is 11.8 Å². The van der Waals surface area contributed by atoms with Gasteiger partial charge in [-0.1, -0.05) is 17.3 Å². The Morgan fingerprint density at radius 2 is 1.92 bits per heavy atom. The van der Waals surface area contributed by atoms with E-state index in [0.29, 0.717) is 30.2 Å². The van der Waals surface area contributed by atoms with Crippen molar-refractivity contribution in [2.24, 2.45) is 0 Å². The van der Waals surface area contributed by atoms with Crippen molar-refractivity contribution in [2.45, 2.75) is 25.7 Å². The van der Waals surface area contributed by atoms with Crippen LogP contribution in [0.2, 0.25) is 0 Å². The Morgan fingerprint density at radius 1 is 1.16 bits per heavy atom. The van der Waals surface area contributed by atoms with Crippen molar-refractivity contribution < 1.29 is 33.2 Å². The SMILES string of the molecule is CCOC(=O)c1cc(-c2csc(C3CCN(C(=O)C=CC(=O)Nc4ccccc4C(=O)OC)CC3)n2)on1. The monoisotopic (exact) mass is 538 g/mol. The van der Waals surface area contributed by atoms with Crippen molar-refractivity contribution in [3.05, 3.63) is 64.1 Å². The molecule has 0 aliphatic carbocycles. The van der Waals surface area contributed by atoms with Gasteiger partial charge >= 0.3 is 11.9 Å². The molecule has 1 saturated heterocycles. The van der Waals surface area contributed by atoms with Gasteiger partial charge in [-0.2, -0.15) is 0 Å². The van der Waals surface area contributed by atoms with Gasteiger partial charge in [0.15, 0.2) is 11.5 Å². The summed E-state index contributed by atoms with van der Waals surface area (Å²) in [4.78, 5) is 54.9. The number of hydrogen-bond donors (Lipinski definition) is 1. The number of esters is 2. The van der Waals surface area contributed by atoms with Crippen LogP contribution in [0.1, 0.15) is 51.5 Å². The van der Waals surface area contributed by atoms with E-state index in [-0.39, 0.29) is 29.7 Å². The zero-order chi connectivity index (χ0) is 27.1. The Balaban J connectivity index is 1.29. The van der Waals surface area contributed by atoms with Crippen LogP contribution in [0, 0.1) is 0 Å².